The van der Waals surface area contributed by atoms with Crippen LogP contribution in [-0.4, -0.2) is 13.7 Å². The minimum atomic E-state index is -4.87. The first-order valence-corrected chi connectivity index (χ1v) is 5.29. The number of alkyl halides is 3. The summed E-state index contributed by atoms with van der Waals surface area (Å²) in [5, 5.41) is 9.66. The summed E-state index contributed by atoms with van der Waals surface area (Å²) < 4.78 is 56.5. The molecule has 1 N–H and O–H groups in total. The number of hydrogen-bond acceptors (Lipinski definition) is 3. The third kappa shape index (κ3) is 2.93. The fourth-order valence-corrected chi connectivity index (χ4v) is 1.87. The van der Waals surface area contributed by atoms with Gasteiger partial charge in [0.15, 0.2) is 11.1 Å². The van der Waals surface area contributed by atoms with E-state index in [1.165, 1.54) is 0 Å². The molecule has 1 rings (SSSR count). The van der Waals surface area contributed by atoms with Gasteiger partial charge in [-0.25, -0.2) is 4.21 Å². The molecule has 0 fully saturated rings. The van der Waals surface area contributed by atoms with Crippen molar-refractivity contribution in [3.8, 4) is 0 Å². The Balaban J connectivity index is 3.59. The van der Waals surface area contributed by atoms with Crippen molar-refractivity contribution in [3.63, 3.8) is 0 Å². The van der Waals surface area contributed by atoms with Gasteiger partial charge in [-0.15, -0.1) is 0 Å². The molecule has 1 atom stereocenters. The van der Waals surface area contributed by atoms with E-state index in [1.54, 1.807) is 0 Å². The van der Waals surface area contributed by atoms with E-state index in [2.05, 4.69) is 0 Å². The van der Waals surface area contributed by atoms with Gasteiger partial charge in [-0.1, -0.05) is 11.6 Å². The molecule has 94 valence electrons. The molecular weight excluding hydrogens is 287 g/mol. The number of benzene rings is 1. The number of nitro groups is 1. The van der Waals surface area contributed by atoms with Crippen LogP contribution < -0.4 is 0 Å². The van der Waals surface area contributed by atoms with E-state index in [4.69, 9.17) is 16.2 Å². The second-order valence-corrected chi connectivity index (χ2v) is 4.13. The van der Waals surface area contributed by atoms with Crippen molar-refractivity contribution < 1.29 is 26.9 Å². The lowest BCUT2D eigenvalue weighted by molar-refractivity contribution is -0.385. The molecule has 10 heteroatoms. The van der Waals surface area contributed by atoms with Crippen molar-refractivity contribution in [1.29, 1.82) is 0 Å². The van der Waals surface area contributed by atoms with Crippen molar-refractivity contribution in [2.24, 2.45) is 0 Å². The van der Waals surface area contributed by atoms with Crippen LogP contribution in [0.3, 0.4) is 0 Å². The summed E-state index contributed by atoms with van der Waals surface area (Å²) >= 11 is 2.51. The molecule has 5 nitrogen and oxygen atoms in total. The van der Waals surface area contributed by atoms with Gasteiger partial charge in [0.25, 0.3) is 5.69 Å². The molecule has 0 saturated heterocycles. The van der Waals surface area contributed by atoms with Crippen molar-refractivity contribution in [1.82, 2.24) is 0 Å². The van der Waals surface area contributed by atoms with Gasteiger partial charge in [0.2, 0.25) is 0 Å². The molecule has 0 saturated carbocycles. The predicted molar refractivity (Wildman–Crippen MR) is 52.1 cm³/mol. The Morgan fingerprint density at radius 2 is 1.94 bits per heavy atom. The first-order chi connectivity index (χ1) is 7.64. The highest BCUT2D eigenvalue weighted by Crippen LogP contribution is 2.38. The Morgan fingerprint density at radius 1 is 1.41 bits per heavy atom. The van der Waals surface area contributed by atoms with Crippen LogP contribution in [-0.2, 0) is 17.3 Å². The monoisotopic (exact) mass is 289 g/mol. The second-order valence-electron chi connectivity index (χ2n) is 2.81. The minimum absolute atomic E-state index is 0.207. The number of hydrogen-bond donors (Lipinski definition) is 1. The van der Waals surface area contributed by atoms with Gasteiger partial charge >= 0.3 is 6.18 Å². The van der Waals surface area contributed by atoms with Crippen molar-refractivity contribution in [3.05, 3.63) is 32.8 Å². The standard InChI is InChI=1S/C7H3ClF3NO4S/c8-6-4(12(13)14)1-3(7(9,10)11)2-5(6)17(15)16/h1-2H,(H,15,16). The van der Waals surface area contributed by atoms with Gasteiger partial charge in [0, 0.05) is 6.07 Å². The third-order valence-electron chi connectivity index (χ3n) is 1.73. The summed E-state index contributed by atoms with van der Waals surface area (Å²) in [5.41, 5.74) is -2.48. The van der Waals surface area contributed by atoms with E-state index < -0.39 is 43.3 Å². The average Bonchev–Trinajstić information content (AvgIpc) is 2.14. The van der Waals surface area contributed by atoms with Gasteiger partial charge in [0.1, 0.15) is 5.02 Å². The van der Waals surface area contributed by atoms with Crippen LogP contribution in [0.15, 0.2) is 17.0 Å². The molecule has 0 aliphatic rings. The molecule has 0 spiro atoms. The van der Waals surface area contributed by atoms with E-state index in [0.717, 1.165) is 0 Å². The number of nitro benzene ring substituents is 1. The molecule has 0 heterocycles. The molecule has 0 aromatic heterocycles. The Labute approximate surface area is 99.6 Å². The summed E-state index contributed by atoms with van der Waals surface area (Å²) in [6.45, 7) is 0. The Kier molecular flexibility index (Phi) is 3.74. The van der Waals surface area contributed by atoms with E-state index in [1.807, 2.05) is 0 Å². The van der Waals surface area contributed by atoms with Crippen LogP contribution in [0.25, 0.3) is 0 Å². The maximum atomic E-state index is 12.4. The van der Waals surface area contributed by atoms with Crippen LogP contribution in [0.5, 0.6) is 0 Å². The molecule has 1 unspecified atom stereocenters. The van der Waals surface area contributed by atoms with Crippen molar-refractivity contribution in [2.45, 2.75) is 11.1 Å². The first-order valence-electron chi connectivity index (χ1n) is 3.80. The van der Waals surface area contributed by atoms with Crippen LogP contribution in [0, 0.1) is 10.1 Å². The zero-order valence-corrected chi connectivity index (χ0v) is 9.27. The summed E-state index contributed by atoms with van der Waals surface area (Å²) in [6, 6.07) is 0.504. The van der Waals surface area contributed by atoms with E-state index >= 15 is 0 Å². The van der Waals surface area contributed by atoms with Gasteiger partial charge in [-0.2, -0.15) is 13.2 Å². The van der Waals surface area contributed by atoms with Crippen LogP contribution in [0.4, 0.5) is 18.9 Å². The van der Waals surface area contributed by atoms with Gasteiger partial charge in [-0.05, 0) is 6.07 Å². The molecule has 0 amide bonds. The topological polar surface area (TPSA) is 80.4 Å². The lowest BCUT2D eigenvalue weighted by Crippen LogP contribution is -2.08. The molecule has 17 heavy (non-hydrogen) atoms. The smallest absolute Gasteiger partial charge is 0.302 e. The Hall–Kier alpha value is -1.19. The number of nitrogens with zero attached hydrogens (tertiary/aromatic N) is 1. The highest BCUT2D eigenvalue weighted by atomic mass is 35.5. The first kappa shape index (κ1) is 13.9. The minimum Gasteiger partial charge on any atom is -0.302 e. The average molecular weight is 290 g/mol. The normalized spacial score (nSPS) is 13.5. The van der Waals surface area contributed by atoms with Crippen molar-refractivity contribution in [2.75, 3.05) is 0 Å². The fraction of sp³-hybridized carbons (Fsp3) is 0.143. The quantitative estimate of drug-likeness (QED) is 0.516. The zero-order chi connectivity index (χ0) is 13.4. The number of halogens is 4. The fourth-order valence-electron chi connectivity index (χ4n) is 1.01. The van der Waals surface area contributed by atoms with E-state index in [9.17, 15) is 27.5 Å². The van der Waals surface area contributed by atoms with Crippen LogP contribution in [0.1, 0.15) is 5.56 Å². The highest BCUT2D eigenvalue weighted by Gasteiger charge is 2.35. The van der Waals surface area contributed by atoms with Gasteiger partial charge in [0.05, 0.1) is 15.4 Å². The zero-order valence-electron chi connectivity index (χ0n) is 7.69. The molecule has 1 aromatic carbocycles. The summed E-state index contributed by atoms with van der Waals surface area (Å²) in [6.07, 6.45) is -4.87. The summed E-state index contributed by atoms with van der Waals surface area (Å²) in [7, 11) is 0. The highest BCUT2D eigenvalue weighted by molar-refractivity contribution is 7.79. The third-order valence-corrected chi connectivity index (χ3v) is 2.94. The lowest BCUT2D eigenvalue weighted by atomic mass is 10.2. The Bertz CT molecular complexity index is 469. The SMILES string of the molecule is O=[N+]([O-])c1cc(C(F)(F)F)cc(S(=O)O)c1Cl. The molecule has 1 aromatic rings. The largest absolute Gasteiger partial charge is 0.416 e. The second kappa shape index (κ2) is 4.59. The number of rotatable bonds is 2. The molecular formula is C7H3ClF3NO4S. The summed E-state index contributed by atoms with van der Waals surface area (Å²) in [4.78, 5) is 8.44. The predicted octanol–water partition coefficient (Wildman–Crippen LogP) is 2.85. The maximum absolute atomic E-state index is 12.4. The van der Waals surface area contributed by atoms with Gasteiger partial charge in [-0.3, -0.25) is 10.1 Å². The molecule has 0 aliphatic carbocycles. The van der Waals surface area contributed by atoms with Crippen molar-refractivity contribution >= 4 is 28.4 Å². The van der Waals surface area contributed by atoms with Crippen LogP contribution >= 0.6 is 11.6 Å². The molecule has 0 radical (unpaired) electrons. The Morgan fingerprint density at radius 3 is 2.29 bits per heavy atom. The van der Waals surface area contributed by atoms with E-state index in [0.29, 0.717) is 6.07 Å². The lowest BCUT2D eigenvalue weighted by Gasteiger charge is -2.08. The molecule has 0 aliphatic heterocycles. The summed E-state index contributed by atoms with van der Waals surface area (Å²) in [5.74, 6) is 0. The molecule has 0 bridgehead atoms. The van der Waals surface area contributed by atoms with Gasteiger partial charge < -0.3 is 4.55 Å². The van der Waals surface area contributed by atoms with E-state index in [-0.39, 0.29) is 6.07 Å². The van der Waals surface area contributed by atoms with Crippen LogP contribution in [0.2, 0.25) is 5.02 Å². The maximum Gasteiger partial charge on any atom is 0.416 e.